The number of anilines is 2. The monoisotopic (exact) mass is 318 g/mol. The quantitative estimate of drug-likeness (QED) is 0.846. The van der Waals surface area contributed by atoms with Crippen molar-refractivity contribution < 1.29 is 4.79 Å². The van der Waals surface area contributed by atoms with E-state index < -0.39 is 0 Å². The SMILES string of the molecule is Nc1ccccc1CCC(=O)Nc1cccc(Br)c1. The van der Waals surface area contributed by atoms with Crippen molar-refractivity contribution in [2.75, 3.05) is 11.1 Å². The fourth-order valence-corrected chi connectivity index (χ4v) is 2.20. The summed E-state index contributed by atoms with van der Waals surface area (Å²) in [5, 5.41) is 2.86. The summed E-state index contributed by atoms with van der Waals surface area (Å²) >= 11 is 3.37. The Morgan fingerprint density at radius 1 is 1.16 bits per heavy atom. The highest BCUT2D eigenvalue weighted by molar-refractivity contribution is 9.10. The molecule has 0 aliphatic rings. The second-order valence-corrected chi connectivity index (χ2v) is 5.17. The molecule has 1 amide bonds. The van der Waals surface area contributed by atoms with E-state index in [2.05, 4.69) is 21.2 Å². The van der Waals surface area contributed by atoms with Crippen LogP contribution >= 0.6 is 15.9 Å². The standard InChI is InChI=1S/C15H15BrN2O/c16-12-5-3-6-13(10-12)18-15(19)9-8-11-4-1-2-7-14(11)17/h1-7,10H,8-9,17H2,(H,18,19). The van der Waals surface area contributed by atoms with Crippen LogP contribution in [0.15, 0.2) is 53.0 Å². The largest absolute Gasteiger partial charge is 0.399 e. The molecule has 0 aliphatic carbocycles. The predicted molar refractivity (Wildman–Crippen MR) is 81.9 cm³/mol. The van der Waals surface area contributed by atoms with Gasteiger partial charge in [-0.15, -0.1) is 0 Å². The van der Waals surface area contributed by atoms with Gasteiger partial charge in [0.25, 0.3) is 0 Å². The number of halogens is 1. The number of aryl methyl sites for hydroxylation is 1. The van der Waals surface area contributed by atoms with Gasteiger partial charge < -0.3 is 11.1 Å². The molecule has 2 aromatic rings. The lowest BCUT2D eigenvalue weighted by Gasteiger charge is -2.07. The third-order valence-corrected chi connectivity index (χ3v) is 3.28. The molecule has 0 saturated heterocycles. The van der Waals surface area contributed by atoms with Gasteiger partial charge in [0.2, 0.25) is 5.91 Å². The van der Waals surface area contributed by atoms with E-state index in [9.17, 15) is 4.79 Å². The normalized spacial score (nSPS) is 10.2. The number of hydrogen-bond acceptors (Lipinski definition) is 2. The van der Waals surface area contributed by atoms with E-state index in [4.69, 9.17) is 5.73 Å². The Bertz CT molecular complexity index is 584. The molecule has 98 valence electrons. The number of hydrogen-bond donors (Lipinski definition) is 2. The van der Waals surface area contributed by atoms with E-state index in [0.717, 1.165) is 21.4 Å². The minimum Gasteiger partial charge on any atom is -0.399 e. The van der Waals surface area contributed by atoms with Crippen molar-refractivity contribution in [3.05, 3.63) is 58.6 Å². The summed E-state index contributed by atoms with van der Waals surface area (Å²) in [6, 6.07) is 15.1. The number of para-hydroxylation sites is 1. The van der Waals surface area contributed by atoms with E-state index in [1.807, 2.05) is 48.5 Å². The van der Waals surface area contributed by atoms with Crippen molar-refractivity contribution in [3.63, 3.8) is 0 Å². The van der Waals surface area contributed by atoms with Crippen LogP contribution in [0.1, 0.15) is 12.0 Å². The van der Waals surface area contributed by atoms with Crippen molar-refractivity contribution >= 4 is 33.2 Å². The highest BCUT2D eigenvalue weighted by atomic mass is 79.9. The van der Waals surface area contributed by atoms with Crippen LogP contribution in [0.2, 0.25) is 0 Å². The molecule has 19 heavy (non-hydrogen) atoms. The number of benzene rings is 2. The average molecular weight is 319 g/mol. The fourth-order valence-electron chi connectivity index (χ4n) is 1.80. The molecule has 0 heterocycles. The zero-order valence-corrected chi connectivity index (χ0v) is 12.0. The first-order chi connectivity index (χ1) is 9.15. The first kappa shape index (κ1) is 13.6. The minimum atomic E-state index is -0.0126. The molecule has 0 spiro atoms. The molecule has 0 bridgehead atoms. The number of nitrogens with two attached hydrogens (primary N) is 1. The zero-order valence-electron chi connectivity index (χ0n) is 10.4. The summed E-state index contributed by atoms with van der Waals surface area (Å²) in [6.07, 6.45) is 1.06. The lowest BCUT2D eigenvalue weighted by atomic mass is 10.1. The zero-order chi connectivity index (χ0) is 13.7. The summed E-state index contributed by atoms with van der Waals surface area (Å²) in [5.41, 5.74) is 8.37. The highest BCUT2D eigenvalue weighted by Crippen LogP contribution is 2.17. The van der Waals surface area contributed by atoms with Gasteiger partial charge in [-0.2, -0.15) is 0 Å². The Labute approximate surface area is 121 Å². The molecule has 2 aromatic carbocycles. The Hall–Kier alpha value is -1.81. The Balaban J connectivity index is 1.90. The molecular weight excluding hydrogens is 304 g/mol. The number of amides is 1. The number of carbonyl (C=O) groups excluding carboxylic acids is 1. The maximum absolute atomic E-state index is 11.8. The van der Waals surface area contributed by atoms with Crippen LogP contribution in [-0.4, -0.2) is 5.91 Å². The van der Waals surface area contributed by atoms with Gasteiger partial charge in [-0.3, -0.25) is 4.79 Å². The molecule has 0 aliphatic heterocycles. The molecule has 0 radical (unpaired) electrons. The third kappa shape index (κ3) is 4.10. The second-order valence-electron chi connectivity index (χ2n) is 4.26. The van der Waals surface area contributed by atoms with E-state index >= 15 is 0 Å². The summed E-state index contributed by atoms with van der Waals surface area (Å²) in [5.74, 6) is -0.0126. The van der Waals surface area contributed by atoms with Crippen LogP contribution in [0.4, 0.5) is 11.4 Å². The molecule has 0 unspecified atom stereocenters. The summed E-state index contributed by atoms with van der Waals surface area (Å²) in [6.45, 7) is 0. The van der Waals surface area contributed by atoms with Gasteiger partial charge in [0.15, 0.2) is 0 Å². The molecule has 4 heteroatoms. The van der Waals surface area contributed by atoms with Gasteiger partial charge in [0, 0.05) is 22.3 Å². The molecule has 2 rings (SSSR count). The second kappa shape index (κ2) is 6.38. The Morgan fingerprint density at radius 2 is 1.95 bits per heavy atom. The van der Waals surface area contributed by atoms with Crippen LogP contribution in [0.3, 0.4) is 0 Å². The van der Waals surface area contributed by atoms with Gasteiger partial charge in [-0.1, -0.05) is 40.2 Å². The summed E-state index contributed by atoms with van der Waals surface area (Å²) < 4.78 is 0.942. The van der Waals surface area contributed by atoms with Gasteiger partial charge in [0.1, 0.15) is 0 Å². The van der Waals surface area contributed by atoms with Gasteiger partial charge >= 0.3 is 0 Å². The molecule has 0 atom stereocenters. The van der Waals surface area contributed by atoms with E-state index in [0.29, 0.717) is 12.8 Å². The van der Waals surface area contributed by atoms with E-state index in [-0.39, 0.29) is 5.91 Å². The fraction of sp³-hybridized carbons (Fsp3) is 0.133. The van der Waals surface area contributed by atoms with Crippen LogP contribution in [-0.2, 0) is 11.2 Å². The lowest BCUT2D eigenvalue weighted by molar-refractivity contribution is -0.116. The summed E-state index contributed by atoms with van der Waals surface area (Å²) in [7, 11) is 0. The number of rotatable bonds is 4. The summed E-state index contributed by atoms with van der Waals surface area (Å²) in [4.78, 5) is 11.8. The third-order valence-electron chi connectivity index (χ3n) is 2.78. The van der Waals surface area contributed by atoms with Crippen molar-refractivity contribution in [1.82, 2.24) is 0 Å². The van der Waals surface area contributed by atoms with Crippen LogP contribution in [0.5, 0.6) is 0 Å². The Morgan fingerprint density at radius 3 is 2.68 bits per heavy atom. The van der Waals surface area contributed by atoms with E-state index in [1.165, 1.54) is 0 Å². The van der Waals surface area contributed by atoms with Gasteiger partial charge in [-0.25, -0.2) is 0 Å². The Kier molecular flexibility index (Phi) is 4.58. The lowest BCUT2D eigenvalue weighted by Crippen LogP contribution is -2.12. The minimum absolute atomic E-state index is 0.0126. The molecule has 0 saturated carbocycles. The molecule has 0 aromatic heterocycles. The van der Waals surface area contributed by atoms with Crippen molar-refractivity contribution in [2.24, 2.45) is 0 Å². The number of carbonyl (C=O) groups is 1. The van der Waals surface area contributed by atoms with Crippen LogP contribution in [0, 0.1) is 0 Å². The highest BCUT2D eigenvalue weighted by Gasteiger charge is 2.05. The maximum atomic E-state index is 11.8. The molecule has 3 nitrogen and oxygen atoms in total. The van der Waals surface area contributed by atoms with Crippen molar-refractivity contribution in [1.29, 1.82) is 0 Å². The number of nitrogen functional groups attached to an aromatic ring is 1. The molecular formula is C15H15BrN2O. The van der Waals surface area contributed by atoms with E-state index in [1.54, 1.807) is 0 Å². The number of nitrogens with one attached hydrogen (secondary N) is 1. The smallest absolute Gasteiger partial charge is 0.224 e. The van der Waals surface area contributed by atoms with Gasteiger partial charge in [-0.05, 0) is 36.2 Å². The first-order valence-electron chi connectivity index (χ1n) is 6.04. The molecule has 3 N–H and O–H groups in total. The maximum Gasteiger partial charge on any atom is 0.224 e. The van der Waals surface area contributed by atoms with Crippen LogP contribution in [0.25, 0.3) is 0 Å². The predicted octanol–water partition coefficient (Wildman–Crippen LogP) is 3.60. The molecule has 0 fully saturated rings. The van der Waals surface area contributed by atoms with Crippen molar-refractivity contribution in [2.45, 2.75) is 12.8 Å². The average Bonchev–Trinajstić information content (AvgIpc) is 2.38. The van der Waals surface area contributed by atoms with Crippen LogP contribution < -0.4 is 11.1 Å². The topological polar surface area (TPSA) is 55.1 Å². The first-order valence-corrected chi connectivity index (χ1v) is 6.83. The van der Waals surface area contributed by atoms with Crippen molar-refractivity contribution in [3.8, 4) is 0 Å². The van der Waals surface area contributed by atoms with Gasteiger partial charge in [0.05, 0.1) is 0 Å².